The molecule has 1 aromatic carbocycles. The number of rotatable bonds is 7. The van der Waals surface area contributed by atoms with Crippen LogP contribution in [0.2, 0.25) is 0 Å². The van der Waals surface area contributed by atoms with Gasteiger partial charge in [-0.15, -0.1) is 0 Å². The van der Waals surface area contributed by atoms with Gasteiger partial charge in [0.05, 0.1) is 12.0 Å². The molecule has 1 rings (SSSR count). The Bertz CT molecular complexity index is 488. The molecule has 0 heterocycles. The first kappa shape index (κ1) is 16.7. The highest BCUT2D eigenvalue weighted by atomic mass is 79.9. The predicted molar refractivity (Wildman–Crippen MR) is 78.6 cm³/mol. The molecule has 0 aliphatic rings. The van der Waals surface area contributed by atoms with E-state index in [9.17, 15) is 9.59 Å². The van der Waals surface area contributed by atoms with E-state index in [0.29, 0.717) is 0 Å². The maximum Gasteiger partial charge on any atom is 0.329 e. The van der Waals surface area contributed by atoms with Crippen molar-refractivity contribution in [2.75, 3.05) is 19.8 Å². The monoisotopic (exact) mass is 343 g/mol. The van der Waals surface area contributed by atoms with E-state index < -0.39 is 11.4 Å². The lowest BCUT2D eigenvalue weighted by Crippen LogP contribution is -2.41. The Morgan fingerprint density at radius 3 is 2.70 bits per heavy atom. The van der Waals surface area contributed by atoms with Crippen LogP contribution in [0.5, 0.6) is 0 Å². The highest BCUT2D eigenvalue weighted by molar-refractivity contribution is 9.10. The lowest BCUT2D eigenvalue weighted by Gasteiger charge is -2.24. The highest BCUT2D eigenvalue weighted by Crippen LogP contribution is 2.25. The normalized spacial score (nSPS) is 11.2. The van der Waals surface area contributed by atoms with Gasteiger partial charge in [-0.3, -0.25) is 4.79 Å². The maximum absolute atomic E-state index is 12.2. The Morgan fingerprint density at radius 1 is 1.40 bits per heavy atom. The van der Waals surface area contributed by atoms with Crippen LogP contribution in [0.25, 0.3) is 0 Å². The fourth-order valence-electron chi connectivity index (χ4n) is 1.63. The van der Waals surface area contributed by atoms with Crippen molar-refractivity contribution >= 4 is 27.8 Å². The van der Waals surface area contributed by atoms with Gasteiger partial charge in [-0.05, 0) is 31.5 Å². The number of carboxylic acid groups (broad SMARTS) is 1. The van der Waals surface area contributed by atoms with Gasteiger partial charge in [-0.2, -0.15) is 0 Å². The van der Waals surface area contributed by atoms with Crippen LogP contribution in [0.4, 0.5) is 0 Å². The zero-order chi connectivity index (χ0) is 15.2. The molecule has 0 spiro atoms. The molecule has 0 aliphatic heterocycles. The Morgan fingerprint density at radius 2 is 2.10 bits per heavy atom. The van der Waals surface area contributed by atoms with Crippen LogP contribution in [0.15, 0.2) is 28.7 Å². The summed E-state index contributed by atoms with van der Waals surface area (Å²) >= 11 is 3.38. The minimum atomic E-state index is -1.02. The molecule has 0 aromatic heterocycles. The minimum absolute atomic E-state index is 0.130. The van der Waals surface area contributed by atoms with Gasteiger partial charge in [-0.1, -0.05) is 28.1 Å². The number of carboxylic acids is 1. The third-order valence-electron chi connectivity index (χ3n) is 2.87. The number of amides is 1. The molecule has 0 unspecified atom stereocenters. The SMILES string of the molecule is CC(C)(C(=O)NCCOCC(=O)O)c1cccc(Br)c1. The molecule has 2 N–H and O–H groups in total. The summed E-state index contributed by atoms with van der Waals surface area (Å²) in [6.07, 6.45) is 0. The molecular formula is C14H18BrNO4. The smallest absolute Gasteiger partial charge is 0.329 e. The summed E-state index contributed by atoms with van der Waals surface area (Å²) in [7, 11) is 0. The van der Waals surface area contributed by atoms with Gasteiger partial charge in [0.1, 0.15) is 6.61 Å². The summed E-state index contributed by atoms with van der Waals surface area (Å²) in [6, 6.07) is 7.58. The molecule has 0 bridgehead atoms. The molecule has 0 saturated carbocycles. The van der Waals surface area contributed by atoms with Crippen molar-refractivity contribution in [2.24, 2.45) is 0 Å². The average molecular weight is 344 g/mol. The first-order chi connectivity index (χ1) is 9.34. The number of carbonyl (C=O) groups is 2. The van der Waals surface area contributed by atoms with Crippen LogP contribution >= 0.6 is 15.9 Å². The van der Waals surface area contributed by atoms with Crippen LogP contribution in [-0.2, 0) is 19.7 Å². The van der Waals surface area contributed by atoms with E-state index in [1.165, 1.54) is 0 Å². The third-order valence-corrected chi connectivity index (χ3v) is 3.36. The average Bonchev–Trinajstić information content (AvgIpc) is 2.37. The topological polar surface area (TPSA) is 75.6 Å². The number of benzene rings is 1. The number of halogens is 1. The molecule has 1 amide bonds. The largest absolute Gasteiger partial charge is 0.480 e. The van der Waals surface area contributed by atoms with Crippen LogP contribution in [0, 0.1) is 0 Å². The van der Waals surface area contributed by atoms with E-state index in [2.05, 4.69) is 21.2 Å². The fraction of sp³-hybridized carbons (Fsp3) is 0.429. The van der Waals surface area contributed by atoms with E-state index in [1.54, 1.807) is 0 Å². The number of hydrogen-bond acceptors (Lipinski definition) is 3. The number of ether oxygens (including phenoxy) is 1. The lowest BCUT2D eigenvalue weighted by molar-refractivity contribution is -0.142. The summed E-state index contributed by atoms with van der Waals surface area (Å²) < 4.78 is 5.78. The molecule has 110 valence electrons. The molecule has 0 aliphatic carbocycles. The number of nitrogens with one attached hydrogen (secondary N) is 1. The summed E-state index contributed by atoms with van der Waals surface area (Å²) in [5, 5.41) is 11.2. The zero-order valence-corrected chi connectivity index (χ0v) is 13.1. The van der Waals surface area contributed by atoms with Crippen molar-refractivity contribution in [3.05, 3.63) is 34.3 Å². The molecule has 0 saturated heterocycles. The molecule has 0 radical (unpaired) electrons. The van der Waals surface area contributed by atoms with Gasteiger partial charge in [0.15, 0.2) is 0 Å². The molecule has 5 nitrogen and oxygen atoms in total. The zero-order valence-electron chi connectivity index (χ0n) is 11.5. The first-order valence-electron chi connectivity index (χ1n) is 6.18. The van der Waals surface area contributed by atoms with Crippen molar-refractivity contribution in [3.8, 4) is 0 Å². The summed E-state index contributed by atoms with van der Waals surface area (Å²) in [4.78, 5) is 22.4. The second kappa shape index (κ2) is 7.40. The van der Waals surface area contributed by atoms with E-state index in [1.807, 2.05) is 38.1 Å². The molecule has 0 atom stereocenters. The van der Waals surface area contributed by atoms with Gasteiger partial charge in [0.2, 0.25) is 5.91 Å². The minimum Gasteiger partial charge on any atom is -0.480 e. The Labute approximate surface area is 126 Å². The molecule has 1 aromatic rings. The second-order valence-electron chi connectivity index (χ2n) is 4.84. The van der Waals surface area contributed by atoms with Crippen LogP contribution in [-0.4, -0.2) is 36.7 Å². The van der Waals surface area contributed by atoms with Gasteiger partial charge < -0.3 is 15.2 Å². The van der Waals surface area contributed by atoms with Crippen molar-refractivity contribution < 1.29 is 19.4 Å². The van der Waals surface area contributed by atoms with Gasteiger partial charge in [0.25, 0.3) is 0 Å². The second-order valence-corrected chi connectivity index (χ2v) is 5.75. The summed E-state index contributed by atoms with van der Waals surface area (Å²) in [5.74, 6) is -1.15. The standard InChI is InChI=1S/C14H18BrNO4/c1-14(2,10-4-3-5-11(15)8-10)13(19)16-6-7-20-9-12(17)18/h3-5,8H,6-7,9H2,1-2H3,(H,16,19)(H,17,18). The Kier molecular flexibility index (Phi) is 6.16. The van der Waals surface area contributed by atoms with Crippen LogP contribution < -0.4 is 5.32 Å². The lowest BCUT2D eigenvalue weighted by atomic mass is 9.84. The number of carbonyl (C=O) groups excluding carboxylic acids is 1. The molecule has 6 heteroatoms. The van der Waals surface area contributed by atoms with Crippen LogP contribution in [0.1, 0.15) is 19.4 Å². The first-order valence-corrected chi connectivity index (χ1v) is 6.97. The Balaban J connectivity index is 2.51. The fourth-order valence-corrected chi connectivity index (χ4v) is 2.02. The number of aliphatic carboxylic acids is 1. The van der Waals surface area contributed by atoms with Crippen molar-refractivity contribution in [3.63, 3.8) is 0 Å². The highest BCUT2D eigenvalue weighted by Gasteiger charge is 2.29. The van der Waals surface area contributed by atoms with E-state index in [0.717, 1.165) is 10.0 Å². The molecule has 0 fully saturated rings. The third kappa shape index (κ3) is 4.94. The maximum atomic E-state index is 12.2. The number of hydrogen-bond donors (Lipinski definition) is 2. The Hall–Kier alpha value is -1.40. The summed E-state index contributed by atoms with van der Waals surface area (Å²) in [5.41, 5.74) is 0.229. The predicted octanol–water partition coefficient (Wildman–Crippen LogP) is 1.94. The van der Waals surface area contributed by atoms with Crippen molar-refractivity contribution in [1.82, 2.24) is 5.32 Å². The molecular weight excluding hydrogens is 326 g/mol. The van der Waals surface area contributed by atoms with Gasteiger partial charge >= 0.3 is 5.97 Å². The van der Waals surface area contributed by atoms with Crippen LogP contribution in [0.3, 0.4) is 0 Å². The van der Waals surface area contributed by atoms with Gasteiger partial charge in [-0.25, -0.2) is 4.79 Å². The van der Waals surface area contributed by atoms with E-state index >= 15 is 0 Å². The molecule has 20 heavy (non-hydrogen) atoms. The van der Waals surface area contributed by atoms with Gasteiger partial charge in [0, 0.05) is 11.0 Å². The summed E-state index contributed by atoms with van der Waals surface area (Å²) in [6.45, 7) is 3.77. The quantitative estimate of drug-likeness (QED) is 0.742. The van der Waals surface area contributed by atoms with E-state index in [4.69, 9.17) is 9.84 Å². The van der Waals surface area contributed by atoms with E-state index in [-0.39, 0.29) is 25.7 Å². The van der Waals surface area contributed by atoms with Crippen molar-refractivity contribution in [1.29, 1.82) is 0 Å². The van der Waals surface area contributed by atoms with Crippen molar-refractivity contribution in [2.45, 2.75) is 19.3 Å².